The third-order valence-electron chi connectivity index (χ3n) is 3.41. The molecular formula is C13H22IN3O. The molecule has 2 unspecified atom stereocenters. The lowest BCUT2D eigenvalue weighted by Crippen LogP contribution is -2.21. The van der Waals surface area contributed by atoms with Crippen LogP contribution in [0.15, 0.2) is 0 Å². The van der Waals surface area contributed by atoms with Gasteiger partial charge in [-0.25, -0.2) is 4.68 Å². The molecule has 102 valence electrons. The summed E-state index contributed by atoms with van der Waals surface area (Å²) >= 11 is 2.27. The highest BCUT2D eigenvalue weighted by atomic mass is 127. The van der Waals surface area contributed by atoms with Gasteiger partial charge in [0.1, 0.15) is 5.82 Å². The Balaban J connectivity index is 2.30. The molecule has 3 N–H and O–H groups in total. The molecule has 1 saturated carbocycles. The van der Waals surface area contributed by atoms with E-state index in [0.29, 0.717) is 5.82 Å². The first-order chi connectivity index (χ1) is 8.29. The number of nitrogen functional groups attached to an aromatic ring is 1. The number of rotatable bonds is 2. The molecule has 18 heavy (non-hydrogen) atoms. The van der Waals surface area contributed by atoms with Gasteiger partial charge in [0.05, 0.1) is 21.4 Å². The normalized spacial score (nSPS) is 24.7. The number of hydrogen-bond acceptors (Lipinski definition) is 3. The molecule has 2 rings (SSSR count). The number of aliphatic hydroxyl groups excluding tert-OH is 1. The van der Waals surface area contributed by atoms with Crippen molar-refractivity contribution in [1.82, 2.24) is 9.78 Å². The zero-order valence-electron chi connectivity index (χ0n) is 11.3. The zero-order chi connectivity index (χ0) is 13.5. The number of aliphatic hydroxyl groups is 1. The van der Waals surface area contributed by atoms with Crippen molar-refractivity contribution in [2.75, 3.05) is 5.73 Å². The van der Waals surface area contributed by atoms with Gasteiger partial charge >= 0.3 is 0 Å². The Morgan fingerprint density at radius 1 is 1.44 bits per heavy atom. The van der Waals surface area contributed by atoms with Gasteiger partial charge in [0.25, 0.3) is 0 Å². The van der Waals surface area contributed by atoms with Gasteiger partial charge in [0.2, 0.25) is 0 Å². The van der Waals surface area contributed by atoms with Crippen molar-refractivity contribution in [2.24, 2.45) is 5.41 Å². The van der Waals surface area contributed by atoms with E-state index in [1.54, 1.807) is 0 Å². The van der Waals surface area contributed by atoms with E-state index in [1.807, 2.05) is 4.68 Å². The summed E-state index contributed by atoms with van der Waals surface area (Å²) in [4.78, 5) is 0. The second-order valence-electron chi connectivity index (χ2n) is 6.39. The minimum absolute atomic E-state index is 0.0623. The summed E-state index contributed by atoms with van der Waals surface area (Å²) < 4.78 is 2.89. The lowest BCUT2D eigenvalue weighted by atomic mass is 9.91. The van der Waals surface area contributed by atoms with Crippen LogP contribution >= 0.6 is 22.6 Å². The molecular weight excluding hydrogens is 341 g/mol. The summed E-state index contributed by atoms with van der Waals surface area (Å²) in [5.41, 5.74) is 7.40. The molecule has 0 aliphatic heterocycles. The van der Waals surface area contributed by atoms with Crippen LogP contribution in [0.5, 0.6) is 0 Å². The van der Waals surface area contributed by atoms with Crippen molar-refractivity contribution in [1.29, 1.82) is 0 Å². The molecule has 0 saturated heterocycles. The van der Waals surface area contributed by atoms with Crippen LogP contribution in [0.4, 0.5) is 5.82 Å². The van der Waals surface area contributed by atoms with Crippen LogP contribution in [0.3, 0.4) is 0 Å². The van der Waals surface area contributed by atoms with Gasteiger partial charge in [0.15, 0.2) is 0 Å². The van der Waals surface area contributed by atoms with Crippen LogP contribution in [0.25, 0.3) is 0 Å². The minimum Gasteiger partial charge on any atom is -0.391 e. The number of halogens is 1. The van der Waals surface area contributed by atoms with E-state index >= 15 is 0 Å². The van der Waals surface area contributed by atoms with Crippen molar-refractivity contribution < 1.29 is 5.11 Å². The zero-order valence-corrected chi connectivity index (χ0v) is 13.4. The van der Waals surface area contributed by atoms with Crippen molar-refractivity contribution in [3.05, 3.63) is 9.26 Å². The maximum Gasteiger partial charge on any atom is 0.135 e. The molecule has 1 aliphatic carbocycles. The molecule has 1 aliphatic rings. The molecule has 0 spiro atoms. The summed E-state index contributed by atoms with van der Waals surface area (Å²) in [6.45, 7) is 6.59. The lowest BCUT2D eigenvalue weighted by Gasteiger charge is -2.17. The minimum atomic E-state index is -0.300. The van der Waals surface area contributed by atoms with Crippen LogP contribution in [-0.4, -0.2) is 21.0 Å². The van der Waals surface area contributed by atoms with E-state index < -0.39 is 0 Å². The molecule has 5 heteroatoms. The summed E-state index contributed by atoms with van der Waals surface area (Å²) in [6, 6.07) is 0.0623. The van der Waals surface area contributed by atoms with Gasteiger partial charge in [-0.1, -0.05) is 20.8 Å². The molecule has 0 amide bonds. The third-order valence-corrected chi connectivity index (χ3v) is 4.58. The number of hydrogen-bond donors (Lipinski definition) is 2. The summed E-state index contributed by atoms with van der Waals surface area (Å²) in [5, 5.41) is 14.6. The van der Waals surface area contributed by atoms with Gasteiger partial charge in [0, 0.05) is 0 Å². The first-order valence-corrected chi connectivity index (χ1v) is 7.58. The molecule has 0 aromatic carbocycles. The van der Waals surface area contributed by atoms with Crippen LogP contribution in [0.2, 0.25) is 0 Å². The highest BCUT2D eigenvalue weighted by Gasteiger charge is 2.31. The largest absolute Gasteiger partial charge is 0.391 e. The standard InChI is InChI=1S/C13H22IN3O/c1-13(2,3)7-8-11(14)12(15)17(16-8)9-5-4-6-10(9)18/h9-10,18H,4-7,15H2,1-3H3. The van der Waals surface area contributed by atoms with E-state index in [2.05, 4.69) is 48.5 Å². The molecule has 1 heterocycles. The van der Waals surface area contributed by atoms with Crippen LogP contribution in [0.1, 0.15) is 51.8 Å². The Morgan fingerprint density at radius 2 is 2.11 bits per heavy atom. The molecule has 0 radical (unpaired) electrons. The Kier molecular flexibility index (Phi) is 3.92. The SMILES string of the molecule is CC(C)(C)Cc1nn(C2CCCC2O)c(N)c1I. The van der Waals surface area contributed by atoms with Crippen LogP contribution in [0, 0.1) is 8.99 Å². The van der Waals surface area contributed by atoms with E-state index in [-0.39, 0.29) is 17.6 Å². The van der Waals surface area contributed by atoms with E-state index in [4.69, 9.17) is 5.73 Å². The smallest absolute Gasteiger partial charge is 0.135 e. The van der Waals surface area contributed by atoms with Crippen molar-refractivity contribution in [3.63, 3.8) is 0 Å². The van der Waals surface area contributed by atoms with E-state index in [0.717, 1.165) is 34.9 Å². The molecule has 1 aromatic rings. The summed E-state index contributed by atoms with van der Waals surface area (Å²) in [6.07, 6.45) is 3.49. The predicted molar refractivity (Wildman–Crippen MR) is 81.4 cm³/mol. The molecule has 1 fully saturated rings. The number of nitrogens with two attached hydrogens (primary N) is 1. The third kappa shape index (κ3) is 2.82. The second-order valence-corrected chi connectivity index (χ2v) is 7.47. The molecule has 4 nitrogen and oxygen atoms in total. The Bertz CT molecular complexity index is 436. The first-order valence-electron chi connectivity index (χ1n) is 6.50. The fourth-order valence-corrected chi connectivity index (χ4v) is 3.10. The number of anilines is 1. The highest BCUT2D eigenvalue weighted by Crippen LogP contribution is 2.35. The maximum absolute atomic E-state index is 9.98. The quantitative estimate of drug-likeness (QED) is 0.795. The lowest BCUT2D eigenvalue weighted by molar-refractivity contribution is 0.131. The molecule has 0 bridgehead atoms. The van der Waals surface area contributed by atoms with Gasteiger partial charge in [-0.05, 0) is 53.7 Å². The van der Waals surface area contributed by atoms with Crippen LogP contribution in [-0.2, 0) is 6.42 Å². The van der Waals surface area contributed by atoms with Crippen molar-refractivity contribution >= 4 is 28.4 Å². The van der Waals surface area contributed by atoms with Gasteiger partial charge in [-0.2, -0.15) is 5.10 Å². The van der Waals surface area contributed by atoms with Crippen molar-refractivity contribution in [3.8, 4) is 0 Å². The maximum atomic E-state index is 9.98. The van der Waals surface area contributed by atoms with Crippen molar-refractivity contribution in [2.45, 2.75) is 58.6 Å². The highest BCUT2D eigenvalue weighted by molar-refractivity contribution is 14.1. The number of aromatic nitrogens is 2. The van der Waals surface area contributed by atoms with Crippen LogP contribution < -0.4 is 5.73 Å². The average molecular weight is 363 g/mol. The monoisotopic (exact) mass is 363 g/mol. The fraction of sp³-hybridized carbons (Fsp3) is 0.769. The topological polar surface area (TPSA) is 64.1 Å². The predicted octanol–water partition coefficient (Wildman–Crippen LogP) is 2.74. The fourth-order valence-electron chi connectivity index (χ4n) is 2.55. The number of nitrogens with zero attached hydrogens (tertiary/aromatic N) is 2. The average Bonchev–Trinajstić information content (AvgIpc) is 2.76. The van der Waals surface area contributed by atoms with E-state index in [9.17, 15) is 5.11 Å². The first kappa shape index (κ1) is 14.1. The summed E-state index contributed by atoms with van der Waals surface area (Å²) in [7, 11) is 0. The van der Waals surface area contributed by atoms with E-state index in [1.165, 1.54) is 0 Å². The Labute approximate surface area is 122 Å². The van der Waals surface area contributed by atoms with Gasteiger partial charge < -0.3 is 10.8 Å². The molecule has 1 aromatic heterocycles. The second kappa shape index (κ2) is 5.00. The Hall–Kier alpha value is -0.300. The molecule has 2 atom stereocenters. The van der Waals surface area contributed by atoms with Gasteiger partial charge in [-0.15, -0.1) is 0 Å². The van der Waals surface area contributed by atoms with Gasteiger partial charge in [-0.3, -0.25) is 0 Å². The summed E-state index contributed by atoms with van der Waals surface area (Å²) in [5.74, 6) is 0.709. The Morgan fingerprint density at radius 3 is 2.61 bits per heavy atom.